The van der Waals surface area contributed by atoms with Crippen LogP contribution < -0.4 is 5.32 Å². The molecule has 0 radical (unpaired) electrons. The zero-order chi connectivity index (χ0) is 14.7. The average molecular weight is 323 g/mol. The molecule has 0 aromatic heterocycles. The van der Waals surface area contributed by atoms with Crippen molar-refractivity contribution < 1.29 is 4.79 Å². The van der Waals surface area contributed by atoms with Gasteiger partial charge in [0, 0.05) is 13.1 Å². The Morgan fingerprint density at radius 3 is 2.68 bits per heavy atom. The average Bonchev–Trinajstić information content (AvgIpc) is 3.09. The van der Waals surface area contributed by atoms with Crippen molar-refractivity contribution in [2.75, 3.05) is 19.6 Å². The monoisotopic (exact) mass is 322 g/mol. The number of carbonyl (C=O) groups is 1. The molecule has 3 rings (SSSR count). The van der Waals surface area contributed by atoms with Crippen molar-refractivity contribution in [2.24, 2.45) is 5.92 Å². The zero-order valence-electron chi connectivity index (χ0n) is 13.3. The van der Waals surface area contributed by atoms with Gasteiger partial charge in [-0.1, -0.05) is 43.7 Å². The summed E-state index contributed by atoms with van der Waals surface area (Å²) in [7, 11) is 0. The molecule has 0 bridgehead atoms. The minimum Gasteiger partial charge on any atom is -0.341 e. The third-order valence-electron chi connectivity index (χ3n) is 5.16. The van der Waals surface area contributed by atoms with Gasteiger partial charge < -0.3 is 10.2 Å². The molecule has 1 aromatic carbocycles. The molecule has 2 aliphatic rings. The number of rotatable bonds is 3. The molecule has 1 amide bonds. The molecule has 3 nitrogen and oxygen atoms in total. The van der Waals surface area contributed by atoms with E-state index in [0.29, 0.717) is 17.7 Å². The fourth-order valence-electron chi connectivity index (χ4n) is 3.90. The number of benzene rings is 1. The maximum Gasteiger partial charge on any atom is 0.239 e. The van der Waals surface area contributed by atoms with Crippen molar-refractivity contribution in [2.45, 2.75) is 44.6 Å². The first-order valence-electron chi connectivity index (χ1n) is 8.36. The summed E-state index contributed by atoms with van der Waals surface area (Å²) in [5, 5.41) is 3.34. The lowest BCUT2D eigenvalue weighted by atomic mass is 9.79. The second kappa shape index (κ2) is 7.98. The summed E-state index contributed by atoms with van der Waals surface area (Å²) in [4.78, 5) is 14.7. The lowest BCUT2D eigenvalue weighted by Gasteiger charge is -2.39. The van der Waals surface area contributed by atoms with Crippen molar-refractivity contribution >= 4 is 18.3 Å². The lowest BCUT2D eigenvalue weighted by Crippen LogP contribution is -2.49. The summed E-state index contributed by atoms with van der Waals surface area (Å²) in [6.45, 7) is 5.08. The predicted octanol–water partition coefficient (Wildman–Crippen LogP) is 3.20. The van der Waals surface area contributed by atoms with Gasteiger partial charge in [-0.2, -0.15) is 0 Å². The standard InChI is InChI=1S/C18H26N2O.ClH/c1-2-14-13-20(18(21)17-9-6-11-19-17)12-10-16(14)15-7-4-3-5-8-15;/h3-5,7-8,14,16-17,19H,2,6,9-13H2,1H3;1H. The summed E-state index contributed by atoms with van der Waals surface area (Å²) in [6, 6.07) is 10.9. The van der Waals surface area contributed by atoms with Gasteiger partial charge in [-0.05, 0) is 43.2 Å². The molecule has 122 valence electrons. The molecule has 4 heteroatoms. The maximum absolute atomic E-state index is 12.6. The van der Waals surface area contributed by atoms with E-state index in [9.17, 15) is 4.79 Å². The Balaban J connectivity index is 0.00000176. The molecule has 1 aromatic rings. The van der Waals surface area contributed by atoms with Crippen LogP contribution in [0.1, 0.15) is 44.1 Å². The molecular formula is C18H27ClN2O. The van der Waals surface area contributed by atoms with Crippen LogP contribution in [0.2, 0.25) is 0 Å². The first-order chi connectivity index (χ1) is 10.3. The Bertz CT molecular complexity index is 473. The quantitative estimate of drug-likeness (QED) is 0.927. The maximum atomic E-state index is 12.6. The first-order valence-corrected chi connectivity index (χ1v) is 8.36. The van der Waals surface area contributed by atoms with Crippen LogP contribution >= 0.6 is 12.4 Å². The van der Waals surface area contributed by atoms with Gasteiger partial charge >= 0.3 is 0 Å². The Kier molecular flexibility index (Phi) is 6.27. The fourth-order valence-corrected chi connectivity index (χ4v) is 3.90. The van der Waals surface area contributed by atoms with E-state index in [4.69, 9.17) is 0 Å². The van der Waals surface area contributed by atoms with Crippen LogP contribution in [0.3, 0.4) is 0 Å². The highest BCUT2D eigenvalue weighted by Gasteiger charge is 2.34. The lowest BCUT2D eigenvalue weighted by molar-refractivity contribution is -0.135. The van der Waals surface area contributed by atoms with Crippen LogP contribution in [0.5, 0.6) is 0 Å². The molecule has 0 saturated carbocycles. The number of carbonyl (C=O) groups excluding carboxylic acids is 1. The number of piperidine rings is 1. The van der Waals surface area contributed by atoms with Crippen molar-refractivity contribution in [1.82, 2.24) is 10.2 Å². The van der Waals surface area contributed by atoms with E-state index in [1.54, 1.807) is 0 Å². The molecule has 2 fully saturated rings. The van der Waals surface area contributed by atoms with Crippen molar-refractivity contribution in [3.8, 4) is 0 Å². The normalized spacial score (nSPS) is 28.2. The molecule has 2 aliphatic heterocycles. The van der Waals surface area contributed by atoms with E-state index in [1.165, 1.54) is 5.56 Å². The highest BCUT2D eigenvalue weighted by molar-refractivity contribution is 5.85. The minimum absolute atomic E-state index is 0. The molecule has 22 heavy (non-hydrogen) atoms. The van der Waals surface area contributed by atoms with Crippen LogP contribution in [0, 0.1) is 5.92 Å². The Morgan fingerprint density at radius 1 is 1.27 bits per heavy atom. The number of hydrogen-bond donors (Lipinski definition) is 1. The van der Waals surface area contributed by atoms with E-state index >= 15 is 0 Å². The second-order valence-electron chi connectivity index (χ2n) is 6.41. The van der Waals surface area contributed by atoms with Crippen molar-refractivity contribution in [1.29, 1.82) is 0 Å². The fraction of sp³-hybridized carbons (Fsp3) is 0.611. The third kappa shape index (κ3) is 3.64. The molecule has 1 N–H and O–H groups in total. The van der Waals surface area contributed by atoms with Crippen LogP contribution in [0.15, 0.2) is 30.3 Å². The number of nitrogens with one attached hydrogen (secondary N) is 1. The zero-order valence-corrected chi connectivity index (χ0v) is 14.1. The van der Waals surface area contributed by atoms with E-state index in [1.807, 2.05) is 0 Å². The van der Waals surface area contributed by atoms with E-state index < -0.39 is 0 Å². The van der Waals surface area contributed by atoms with Gasteiger partial charge in [0.1, 0.15) is 0 Å². The Morgan fingerprint density at radius 2 is 2.05 bits per heavy atom. The largest absolute Gasteiger partial charge is 0.341 e. The van der Waals surface area contributed by atoms with Crippen LogP contribution in [-0.4, -0.2) is 36.5 Å². The van der Waals surface area contributed by atoms with Gasteiger partial charge in [0.15, 0.2) is 0 Å². The third-order valence-corrected chi connectivity index (χ3v) is 5.16. The molecule has 2 heterocycles. The number of likely N-dealkylation sites (tertiary alicyclic amines) is 1. The molecule has 0 spiro atoms. The molecule has 0 aliphatic carbocycles. The highest BCUT2D eigenvalue weighted by Crippen LogP contribution is 2.35. The smallest absolute Gasteiger partial charge is 0.239 e. The summed E-state index contributed by atoms with van der Waals surface area (Å²) < 4.78 is 0. The number of hydrogen-bond acceptors (Lipinski definition) is 2. The predicted molar refractivity (Wildman–Crippen MR) is 92.4 cm³/mol. The van der Waals surface area contributed by atoms with Gasteiger partial charge in [-0.25, -0.2) is 0 Å². The Labute approximate surface area is 139 Å². The highest BCUT2D eigenvalue weighted by atomic mass is 35.5. The molecule has 3 atom stereocenters. The number of nitrogens with zero attached hydrogens (tertiary/aromatic N) is 1. The summed E-state index contributed by atoms with van der Waals surface area (Å²) >= 11 is 0. The summed E-state index contributed by atoms with van der Waals surface area (Å²) in [5.74, 6) is 1.53. The van der Waals surface area contributed by atoms with Gasteiger partial charge in [0.2, 0.25) is 5.91 Å². The van der Waals surface area contributed by atoms with Gasteiger partial charge in [-0.15, -0.1) is 12.4 Å². The molecule has 2 saturated heterocycles. The summed E-state index contributed by atoms with van der Waals surface area (Å²) in [5.41, 5.74) is 1.44. The Hall–Kier alpha value is -1.06. The van der Waals surface area contributed by atoms with Crippen LogP contribution in [0.4, 0.5) is 0 Å². The van der Waals surface area contributed by atoms with Gasteiger partial charge in [-0.3, -0.25) is 4.79 Å². The van der Waals surface area contributed by atoms with Gasteiger partial charge in [0.05, 0.1) is 6.04 Å². The van der Waals surface area contributed by atoms with E-state index in [2.05, 4.69) is 47.5 Å². The van der Waals surface area contributed by atoms with E-state index in [0.717, 1.165) is 45.3 Å². The summed E-state index contributed by atoms with van der Waals surface area (Å²) in [6.07, 6.45) is 4.38. The van der Waals surface area contributed by atoms with Crippen LogP contribution in [0.25, 0.3) is 0 Å². The van der Waals surface area contributed by atoms with Crippen molar-refractivity contribution in [3.63, 3.8) is 0 Å². The first kappa shape index (κ1) is 17.3. The molecular weight excluding hydrogens is 296 g/mol. The topological polar surface area (TPSA) is 32.3 Å². The minimum atomic E-state index is 0. The number of amides is 1. The number of halogens is 1. The van der Waals surface area contributed by atoms with Crippen molar-refractivity contribution in [3.05, 3.63) is 35.9 Å². The second-order valence-corrected chi connectivity index (χ2v) is 6.41. The van der Waals surface area contributed by atoms with E-state index in [-0.39, 0.29) is 18.4 Å². The molecule has 3 unspecified atom stereocenters. The van der Waals surface area contributed by atoms with Crippen LogP contribution in [-0.2, 0) is 4.79 Å². The van der Waals surface area contributed by atoms with Gasteiger partial charge in [0.25, 0.3) is 0 Å². The SMILES string of the molecule is CCC1CN(C(=O)C2CCCN2)CCC1c1ccccc1.Cl.